The minimum atomic E-state index is -1.51. The first-order chi connectivity index (χ1) is 17.9. The molecule has 194 valence electrons. The zero-order chi connectivity index (χ0) is 26.4. The first kappa shape index (κ1) is 26.1. The van der Waals surface area contributed by atoms with Gasteiger partial charge >= 0.3 is 0 Å². The predicted octanol–water partition coefficient (Wildman–Crippen LogP) is 2.14. The number of hydrogen-bond donors (Lipinski definition) is 3. The van der Waals surface area contributed by atoms with Crippen molar-refractivity contribution in [3.05, 3.63) is 72.0 Å². The molecule has 1 aromatic heterocycles. The van der Waals surface area contributed by atoms with Crippen molar-refractivity contribution in [1.82, 2.24) is 20.6 Å². The maximum Gasteiger partial charge on any atom is 0.275 e. The molecule has 2 heterocycles. The smallest absolute Gasteiger partial charge is 0.275 e. The lowest BCUT2D eigenvalue weighted by atomic mass is 10.0. The summed E-state index contributed by atoms with van der Waals surface area (Å²) in [5.41, 5.74) is 4.54. The van der Waals surface area contributed by atoms with Crippen LogP contribution in [0.3, 0.4) is 0 Å². The zero-order valence-corrected chi connectivity index (χ0v) is 20.8. The fourth-order valence-corrected chi connectivity index (χ4v) is 4.22. The summed E-state index contributed by atoms with van der Waals surface area (Å²) in [6.07, 6.45) is 0. The van der Waals surface area contributed by atoms with E-state index in [-0.39, 0.29) is 0 Å². The van der Waals surface area contributed by atoms with Gasteiger partial charge in [-0.3, -0.25) is 24.5 Å². The van der Waals surface area contributed by atoms with E-state index >= 15 is 0 Å². The number of furan rings is 1. The van der Waals surface area contributed by atoms with E-state index in [1.165, 1.54) is 19.6 Å². The standard InChI is InChI=1S/C27H30N4O6/c1-28-25(32)24(26(33)29-35)30(2)27(34)21-9-5-19(6-10-21)18-3-7-20(8-4-18)23-12-11-22(37-23)17-31-13-15-36-16-14-31/h3-12,24,35H,13-17H2,1-2H3,(H,28,32)(H,29,33). The molecule has 1 unspecified atom stereocenters. The topological polar surface area (TPSA) is 124 Å². The Morgan fingerprint density at radius 3 is 2.11 bits per heavy atom. The number of nitrogens with zero attached hydrogens (tertiary/aromatic N) is 2. The van der Waals surface area contributed by atoms with Gasteiger partial charge in [0.25, 0.3) is 17.7 Å². The fourth-order valence-electron chi connectivity index (χ4n) is 4.22. The van der Waals surface area contributed by atoms with Crippen LogP contribution in [0.4, 0.5) is 0 Å². The average molecular weight is 507 g/mol. The van der Waals surface area contributed by atoms with E-state index in [9.17, 15) is 14.4 Å². The van der Waals surface area contributed by atoms with Crippen LogP contribution in [0, 0.1) is 0 Å². The minimum absolute atomic E-state index is 0.297. The summed E-state index contributed by atoms with van der Waals surface area (Å²) >= 11 is 0. The lowest BCUT2D eigenvalue weighted by Gasteiger charge is -2.25. The minimum Gasteiger partial charge on any atom is -0.460 e. The Hall–Kier alpha value is -3.99. The Morgan fingerprint density at radius 1 is 0.919 bits per heavy atom. The predicted molar refractivity (Wildman–Crippen MR) is 136 cm³/mol. The van der Waals surface area contributed by atoms with Gasteiger partial charge in [-0.2, -0.15) is 0 Å². The number of rotatable bonds is 8. The SMILES string of the molecule is CNC(=O)C(C(=O)NO)N(C)C(=O)c1ccc(-c2ccc(-c3ccc(CN4CCOCC4)o3)cc2)cc1. The maximum atomic E-state index is 12.9. The van der Waals surface area contributed by atoms with Gasteiger partial charge in [-0.15, -0.1) is 0 Å². The van der Waals surface area contributed by atoms with E-state index < -0.39 is 23.8 Å². The first-order valence-corrected chi connectivity index (χ1v) is 11.9. The van der Waals surface area contributed by atoms with E-state index in [0.717, 1.165) is 66.0 Å². The average Bonchev–Trinajstić information content (AvgIpc) is 3.41. The summed E-state index contributed by atoms with van der Waals surface area (Å²) in [5, 5.41) is 11.3. The second kappa shape index (κ2) is 11.8. The quantitative estimate of drug-likeness (QED) is 0.243. The summed E-state index contributed by atoms with van der Waals surface area (Å²) < 4.78 is 11.4. The van der Waals surface area contributed by atoms with Crippen LogP contribution >= 0.6 is 0 Å². The Kier molecular flexibility index (Phi) is 8.34. The normalized spacial score (nSPS) is 14.6. The largest absolute Gasteiger partial charge is 0.460 e. The van der Waals surface area contributed by atoms with Crippen LogP contribution in [0.25, 0.3) is 22.5 Å². The molecule has 3 aromatic rings. The Morgan fingerprint density at radius 2 is 1.51 bits per heavy atom. The highest BCUT2D eigenvalue weighted by molar-refractivity contribution is 6.08. The lowest BCUT2D eigenvalue weighted by molar-refractivity contribution is -0.140. The van der Waals surface area contributed by atoms with Crippen LogP contribution in [0.5, 0.6) is 0 Å². The number of likely N-dealkylation sites (N-methyl/N-ethyl adjacent to an activating group) is 2. The zero-order valence-electron chi connectivity index (χ0n) is 20.8. The highest BCUT2D eigenvalue weighted by atomic mass is 16.5. The molecule has 1 saturated heterocycles. The number of benzene rings is 2. The first-order valence-electron chi connectivity index (χ1n) is 11.9. The van der Waals surface area contributed by atoms with Gasteiger partial charge in [-0.1, -0.05) is 36.4 Å². The molecule has 0 saturated carbocycles. The van der Waals surface area contributed by atoms with Crippen molar-refractivity contribution in [2.24, 2.45) is 0 Å². The van der Waals surface area contributed by atoms with Crippen molar-refractivity contribution in [1.29, 1.82) is 0 Å². The number of ether oxygens (including phenoxy) is 1. The van der Waals surface area contributed by atoms with Crippen molar-refractivity contribution in [2.75, 3.05) is 40.4 Å². The van der Waals surface area contributed by atoms with Crippen LogP contribution < -0.4 is 10.8 Å². The summed E-state index contributed by atoms with van der Waals surface area (Å²) in [4.78, 5) is 40.1. The van der Waals surface area contributed by atoms with Crippen molar-refractivity contribution >= 4 is 17.7 Å². The number of nitrogens with one attached hydrogen (secondary N) is 2. The van der Waals surface area contributed by atoms with Crippen LogP contribution in [-0.4, -0.2) is 79.2 Å². The fraction of sp³-hybridized carbons (Fsp3) is 0.296. The third-order valence-electron chi connectivity index (χ3n) is 6.34. The molecule has 1 atom stereocenters. The molecule has 2 aromatic carbocycles. The number of hydrogen-bond acceptors (Lipinski definition) is 7. The van der Waals surface area contributed by atoms with E-state index in [0.29, 0.717) is 5.56 Å². The monoisotopic (exact) mass is 506 g/mol. The molecule has 1 fully saturated rings. The van der Waals surface area contributed by atoms with E-state index in [4.69, 9.17) is 14.4 Å². The summed E-state index contributed by atoms with van der Waals surface area (Å²) in [7, 11) is 2.67. The van der Waals surface area contributed by atoms with Crippen molar-refractivity contribution in [3.63, 3.8) is 0 Å². The summed E-state index contributed by atoms with van der Waals surface area (Å²) in [6.45, 7) is 4.06. The van der Waals surface area contributed by atoms with Crippen LogP contribution in [0.1, 0.15) is 16.1 Å². The number of hydroxylamine groups is 1. The van der Waals surface area contributed by atoms with E-state index in [2.05, 4.69) is 10.2 Å². The third kappa shape index (κ3) is 6.05. The second-order valence-corrected chi connectivity index (χ2v) is 8.72. The van der Waals surface area contributed by atoms with Crippen molar-refractivity contribution in [3.8, 4) is 22.5 Å². The van der Waals surface area contributed by atoms with Crippen molar-refractivity contribution < 1.29 is 28.7 Å². The molecular weight excluding hydrogens is 476 g/mol. The van der Waals surface area contributed by atoms with Gasteiger partial charge < -0.3 is 19.4 Å². The molecular formula is C27H30N4O6. The molecule has 10 heteroatoms. The van der Waals surface area contributed by atoms with E-state index in [1.54, 1.807) is 24.3 Å². The highest BCUT2D eigenvalue weighted by Crippen LogP contribution is 2.27. The maximum absolute atomic E-state index is 12.9. The van der Waals surface area contributed by atoms with Gasteiger partial charge in [-0.25, -0.2) is 5.48 Å². The highest BCUT2D eigenvalue weighted by Gasteiger charge is 2.33. The molecule has 1 aliphatic heterocycles. The molecule has 3 amide bonds. The van der Waals surface area contributed by atoms with Gasteiger partial charge in [0.1, 0.15) is 11.5 Å². The van der Waals surface area contributed by atoms with Gasteiger partial charge in [-0.05, 0) is 35.4 Å². The number of carbonyl (C=O) groups is 3. The molecule has 0 bridgehead atoms. The number of morpholine rings is 1. The van der Waals surface area contributed by atoms with Crippen LogP contribution in [0.15, 0.2) is 65.1 Å². The molecule has 37 heavy (non-hydrogen) atoms. The third-order valence-corrected chi connectivity index (χ3v) is 6.34. The van der Waals surface area contributed by atoms with Gasteiger partial charge in [0.15, 0.2) is 6.04 Å². The van der Waals surface area contributed by atoms with Gasteiger partial charge in [0.2, 0.25) is 0 Å². The van der Waals surface area contributed by atoms with Crippen LogP contribution in [0.2, 0.25) is 0 Å². The summed E-state index contributed by atoms with van der Waals surface area (Å²) in [5.74, 6) is -0.539. The molecule has 0 spiro atoms. The molecule has 3 N–H and O–H groups in total. The number of amides is 3. The number of carbonyl (C=O) groups excluding carboxylic acids is 3. The Bertz CT molecular complexity index is 1220. The second-order valence-electron chi connectivity index (χ2n) is 8.72. The molecule has 10 nitrogen and oxygen atoms in total. The van der Waals surface area contributed by atoms with Gasteiger partial charge in [0, 0.05) is 38.3 Å². The summed E-state index contributed by atoms with van der Waals surface area (Å²) in [6, 6.07) is 17.3. The Balaban J connectivity index is 1.43. The Labute approximate surface area is 214 Å². The molecule has 0 radical (unpaired) electrons. The van der Waals surface area contributed by atoms with Gasteiger partial charge in [0.05, 0.1) is 19.8 Å². The molecule has 0 aliphatic carbocycles. The molecule has 4 rings (SSSR count). The van der Waals surface area contributed by atoms with E-state index in [1.807, 2.05) is 36.4 Å². The van der Waals surface area contributed by atoms with Crippen molar-refractivity contribution in [2.45, 2.75) is 12.6 Å². The van der Waals surface area contributed by atoms with Crippen LogP contribution in [-0.2, 0) is 20.9 Å². The lowest BCUT2D eigenvalue weighted by Crippen LogP contribution is -2.54. The molecule has 1 aliphatic rings.